The van der Waals surface area contributed by atoms with Crippen LogP contribution in [0.15, 0.2) is 30.6 Å². The monoisotopic (exact) mass is 354 g/mol. The zero-order valence-corrected chi connectivity index (χ0v) is 14.2. The molecule has 1 atom stereocenters. The summed E-state index contributed by atoms with van der Waals surface area (Å²) >= 11 is 18.7. The predicted octanol–water partition coefficient (Wildman–Crippen LogP) is 4.63. The molecule has 0 amide bonds. The maximum absolute atomic E-state index is 6.33. The molecule has 2 heterocycles. The van der Waals surface area contributed by atoms with Crippen LogP contribution in [0.25, 0.3) is 0 Å². The molecule has 0 radical (unpaired) electrons. The topological polar surface area (TPSA) is 41.0 Å². The second kappa shape index (κ2) is 5.95. The van der Waals surface area contributed by atoms with Gasteiger partial charge in [0.2, 0.25) is 0 Å². The fourth-order valence-electron chi connectivity index (χ4n) is 2.46. The van der Waals surface area contributed by atoms with Gasteiger partial charge in [-0.15, -0.1) is 0 Å². The van der Waals surface area contributed by atoms with Crippen LogP contribution in [-0.4, -0.2) is 9.97 Å². The molecule has 22 heavy (non-hydrogen) atoms. The SMILES string of the molecule is Cc1cc(N2C=CNC2c2c(Cl)cc(Cl)cc2Cl)nc(C)n1. The lowest BCUT2D eigenvalue weighted by Crippen LogP contribution is -2.28. The highest BCUT2D eigenvalue weighted by Crippen LogP contribution is 2.38. The molecule has 114 valence electrons. The third-order valence-corrected chi connectivity index (χ3v) is 4.15. The molecule has 1 aromatic heterocycles. The first kappa shape index (κ1) is 15.4. The van der Waals surface area contributed by atoms with E-state index in [4.69, 9.17) is 34.8 Å². The second-order valence-electron chi connectivity index (χ2n) is 4.99. The molecule has 0 bridgehead atoms. The molecule has 7 heteroatoms. The minimum atomic E-state index is -0.244. The zero-order chi connectivity index (χ0) is 15.9. The molecule has 1 aliphatic rings. The third kappa shape index (κ3) is 2.86. The summed E-state index contributed by atoms with van der Waals surface area (Å²) in [6.45, 7) is 3.80. The van der Waals surface area contributed by atoms with Gasteiger partial charge >= 0.3 is 0 Å². The van der Waals surface area contributed by atoms with Crippen molar-refractivity contribution < 1.29 is 0 Å². The van der Waals surface area contributed by atoms with E-state index < -0.39 is 0 Å². The number of hydrogen-bond donors (Lipinski definition) is 1. The molecule has 1 unspecified atom stereocenters. The number of halogens is 3. The van der Waals surface area contributed by atoms with E-state index in [1.165, 1.54) is 0 Å². The maximum atomic E-state index is 6.33. The van der Waals surface area contributed by atoms with Crippen molar-refractivity contribution in [3.05, 3.63) is 62.7 Å². The number of hydrogen-bond acceptors (Lipinski definition) is 4. The van der Waals surface area contributed by atoms with E-state index in [9.17, 15) is 0 Å². The first-order valence-corrected chi connectivity index (χ1v) is 7.77. The van der Waals surface area contributed by atoms with E-state index in [0.29, 0.717) is 20.9 Å². The Bertz CT molecular complexity index is 717. The van der Waals surface area contributed by atoms with Crippen molar-refractivity contribution in [3.63, 3.8) is 0 Å². The zero-order valence-electron chi connectivity index (χ0n) is 11.9. The molecule has 2 aromatic rings. The minimum absolute atomic E-state index is 0.244. The van der Waals surface area contributed by atoms with Gasteiger partial charge in [0.25, 0.3) is 0 Å². The normalized spacial score (nSPS) is 17.0. The summed E-state index contributed by atoms with van der Waals surface area (Å²) in [6, 6.07) is 5.27. The summed E-state index contributed by atoms with van der Waals surface area (Å²) in [5.41, 5.74) is 1.65. The second-order valence-corrected chi connectivity index (χ2v) is 6.24. The Kier molecular flexibility index (Phi) is 4.17. The largest absolute Gasteiger partial charge is 0.366 e. The molecule has 3 rings (SSSR count). The standard InChI is InChI=1S/C15H13Cl3N4/c1-8-5-13(21-9(2)20-8)22-4-3-19-15(22)14-11(17)6-10(16)7-12(14)18/h3-7,15,19H,1-2H3. The summed E-state index contributed by atoms with van der Waals surface area (Å²) in [5.74, 6) is 1.49. The van der Waals surface area contributed by atoms with Crippen molar-refractivity contribution >= 4 is 40.6 Å². The van der Waals surface area contributed by atoms with Gasteiger partial charge in [0, 0.05) is 34.7 Å². The molecule has 0 saturated heterocycles. The van der Waals surface area contributed by atoms with Crippen LogP contribution in [0.3, 0.4) is 0 Å². The average molecular weight is 356 g/mol. The van der Waals surface area contributed by atoms with E-state index in [2.05, 4.69) is 15.3 Å². The fraction of sp³-hybridized carbons (Fsp3) is 0.200. The van der Waals surface area contributed by atoms with E-state index in [1.54, 1.807) is 12.1 Å². The first-order chi connectivity index (χ1) is 10.5. The molecule has 1 N–H and O–H groups in total. The summed E-state index contributed by atoms with van der Waals surface area (Å²) < 4.78 is 0. The molecule has 4 nitrogen and oxygen atoms in total. The molecular weight excluding hydrogens is 343 g/mol. The van der Waals surface area contributed by atoms with Gasteiger partial charge in [0.15, 0.2) is 0 Å². The van der Waals surface area contributed by atoms with Gasteiger partial charge in [-0.2, -0.15) is 0 Å². The van der Waals surface area contributed by atoms with E-state index in [0.717, 1.165) is 17.1 Å². The Morgan fingerprint density at radius 3 is 2.36 bits per heavy atom. The van der Waals surface area contributed by atoms with Gasteiger partial charge in [-0.05, 0) is 26.0 Å². The lowest BCUT2D eigenvalue weighted by molar-refractivity contribution is 0.660. The third-order valence-electron chi connectivity index (χ3n) is 3.30. The fourth-order valence-corrected chi connectivity index (χ4v) is 3.48. The lowest BCUT2D eigenvalue weighted by Gasteiger charge is -2.27. The van der Waals surface area contributed by atoms with Crippen LogP contribution in [0, 0.1) is 13.8 Å². The Morgan fingerprint density at radius 1 is 1.05 bits per heavy atom. The predicted molar refractivity (Wildman–Crippen MR) is 90.5 cm³/mol. The van der Waals surface area contributed by atoms with Gasteiger partial charge in [0.05, 0.1) is 10.0 Å². The highest BCUT2D eigenvalue weighted by Gasteiger charge is 2.27. The molecular formula is C15H13Cl3N4. The number of aromatic nitrogens is 2. The number of aryl methyl sites for hydroxylation is 2. The highest BCUT2D eigenvalue weighted by molar-refractivity contribution is 6.39. The van der Waals surface area contributed by atoms with Crippen molar-refractivity contribution in [2.24, 2.45) is 0 Å². The molecule has 0 saturated carbocycles. The summed E-state index contributed by atoms with van der Waals surface area (Å²) in [4.78, 5) is 10.7. The number of rotatable bonds is 2. The van der Waals surface area contributed by atoms with Crippen LogP contribution >= 0.6 is 34.8 Å². The number of nitrogens with zero attached hydrogens (tertiary/aromatic N) is 3. The van der Waals surface area contributed by atoms with Gasteiger partial charge in [-0.25, -0.2) is 9.97 Å². The number of nitrogens with one attached hydrogen (secondary N) is 1. The van der Waals surface area contributed by atoms with Gasteiger partial charge in [-0.1, -0.05) is 34.8 Å². The number of benzene rings is 1. The Morgan fingerprint density at radius 2 is 1.73 bits per heavy atom. The summed E-state index contributed by atoms with van der Waals surface area (Å²) in [6.07, 6.45) is 3.48. The molecule has 0 fully saturated rings. The smallest absolute Gasteiger partial charge is 0.138 e. The van der Waals surface area contributed by atoms with Crippen molar-refractivity contribution in [3.8, 4) is 0 Å². The van der Waals surface area contributed by atoms with Gasteiger partial charge in [0.1, 0.15) is 17.8 Å². The van der Waals surface area contributed by atoms with Crippen LogP contribution < -0.4 is 10.2 Å². The highest BCUT2D eigenvalue weighted by atomic mass is 35.5. The van der Waals surface area contributed by atoms with E-state index in [-0.39, 0.29) is 6.17 Å². The maximum Gasteiger partial charge on any atom is 0.138 e. The van der Waals surface area contributed by atoms with E-state index in [1.807, 2.05) is 37.2 Å². The van der Waals surface area contributed by atoms with Crippen LogP contribution in [0.1, 0.15) is 23.2 Å². The van der Waals surface area contributed by atoms with Crippen LogP contribution in [-0.2, 0) is 0 Å². The van der Waals surface area contributed by atoms with Crippen molar-refractivity contribution in [1.29, 1.82) is 0 Å². The summed E-state index contributed by atoms with van der Waals surface area (Å²) in [5, 5.41) is 4.75. The Labute approximate surface area is 143 Å². The molecule has 0 aliphatic carbocycles. The average Bonchev–Trinajstić information content (AvgIpc) is 2.85. The van der Waals surface area contributed by atoms with Crippen LogP contribution in [0.5, 0.6) is 0 Å². The quantitative estimate of drug-likeness (QED) is 0.852. The molecule has 0 spiro atoms. The van der Waals surface area contributed by atoms with Gasteiger partial charge < -0.3 is 10.2 Å². The first-order valence-electron chi connectivity index (χ1n) is 6.63. The van der Waals surface area contributed by atoms with Gasteiger partial charge in [-0.3, -0.25) is 0 Å². The Balaban J connectivity index is 2.05. The Hall–Kier alpha value is -1.49. The van der Waals surface area contributed by atoms with Crippen LogP contribution in [0.4, 0.5) is 5.82 Å². The molecule has 1 aliphatic heterocycles. The van der Waals surface area contributed by atoms with Crippen molar-refractivity contribution in [1.82, 2.24) is 15.3 Å². The number of anilines is 1. The summed E-state index contributed by atoms with van der Waals surface area (Å²) in [7, 11) is 0. The van der Waals surface area contributed by atoms with Crippen LogP contribution in [0.2, 0.25) is 15.1 Å². The van der Waals surface area contributed by atoms with Crippen molar-refractivity contribution in [2.45, 2.75) is 20.0 Å². The van der Waals surface area contributed by atoms with E-state index >= 15 is 0 Å². The molecule has 1 aromatic carbocycles. The minimum Gasteiger partial charge on any atom is -0.366 e. The lowest BCUT2D eigenvalue weighted by atomic mass is 10.1. The van der Waals surface area contributed by atoms with Crippen molar-refractivity contribution in [2.75, 3.05) is 4.90 Å².